The minimum absolute atomic E-state index is 0.0533. The molecule has 0 spiro atoms. The molecule has 3 heterocycles. The quantitative estimate of drug-likeness (QED) is 0.807. The summed E-state index contributed by atoms with van der Waals surface area (Å²) in [6, 6.07) is 3.67. The zero-order valence-electron chi connectivity index (χ0n) is 14.3. The zero-order chi connectivity index (χ0) is 18.0. The Morgan fingerprint density at radius 1 is 1.52 bits per heavy atom. The Morgan fingerprint density at radius 2 is 2.28 bits per heavy atom. The first-order valence-electron chi connectivity index (χ1n) is 8.18. The van der Waals surface area contributed by atoms with Crippen molar-refractivity contribution >= 4 is 11.6 Å². The number of anilines is 1. The molecule has 7 heteroatoms. The number of pyridine rings is 1. The summed E-state index contributed by atoms with van der Waals surface area (Å²) < 4.78 is 0. The van der Waals surface area contributed by atoms with Gasteiger partial charge in [-0.15, -0.1) is 0 Å². The highest BCUT2D eigenvalue weighted by Gasteiger charge is 2.33. The molecule has 3 rings (SSSR count). The van der Waals surface area contributed by atoms with Crippen molar-refractivity contribution in [1.82, 2.24) is 19.9 Å². The molecular weight excluding hydrogens is 318 g/mol. The lowest BCUT2D eigenvalue weighted by molar-refractivity contribution is -0.132. The molecule has 1 fully saturated rings. The van der Waals surface area contributed by atoms with Crippen LogP contribution in [0.5, 0.6) is 0 Å². The number of hydrogen-bond donors (Lipinski definition) is 2. The van der Waals surface area contributed by atoms with Crippen molar-refractivity contribution in [3.8, 4) is 11.3 Å². The fourth-order valence-electron chi connectivity index (χ4n) is 2.86. The molecule has 1 aliphatic rings. The van der Waals surface area contributed by atoms with E-state index in [0.717, 1.165) is 11.3 Å². The lowest BCUT2D eigenvalue weighted by atomic mass is 9.92. The summed E-state index contributed by atoms with van der Waals surface area (Å²) in [7, 11) is 0. The van der Waals surface area contributed by atoms with Crippen LogP contribution in [0.3, 0.4) is 0 Å². The van der Waals surface area contributed by atoms with Crippen LogP contribution in [0.4, 0.5) is 5.69 Å². The van der Waals surface area contributed by atoms with Gasteiger partial charge in [0.2, 0.25) is 5.91 Å². The van der Waals surface area contributed by atoms with Crippen LogP contribution in [-0.2, 0) is 4.79 Å². The van der Waals surface area contributed by atoms with Gasteiger partial charge < -0.3 is 15.2 Å². The van der Waals surface area contributed by atoms with E-state index >= 15 is 0 Å². The van der Waals surface area contributed by atoms with Crippen molar-refractivity contribution in [2.75, 3.05) is 18.4 Å². The fraction of sp³-hybridized carbons (Fsp3) is 0.333. The lowest BCUT2D eigenvalue weighted by Crippen LogP contribution is -2.55. The van der Waals surface area contributed by atoms with Crippen molar-refractivity contribution in [2.24, 2.45) is 5.92 Å². The number of nitrogens with zero attached hydrogens (tertiary/aromatic N) is 3. The minimum atomic E-state index is -0.181. The summed E-state index contributed by atoms with van der Waals surface area (Å²) in [5.41, 5.74) is 1.89. The van der Waals surface area contributed by atoms with Crippen LogP contribution >= 0.6 is 0 Å². The highest BCUT2D eigenvalue weighted by atomic mass is 16.2. The maximum absolute atomic E-state index is 12.1. The second kappa shape index (κ2) is 6.88. The molecular formula is C18H21N5O2. The third-order valence-electron chi connectivity index (χ3n) is 4.46. The number of hydrogen-bond acceptors (Lipinski definition) is 5. The van der Waals surface area contributed by atoms with Crippen molar-refractivity contribution in [1.29, 1.82) is 0 Å². The molecule has 1 amide bonds. The molecule has 0 bridgehead atoms. The standard InChI is InChI=1S/C18H21N5O2/c1-4-17(24)23-9-14(10-23)11(2)21-16-7-13(8-20-18(16)25)15-5-6-19-12(3)22-15/h4-8,11,14,21H,1,9-10H2,2-3H3,(H,20,25). The molecule has 130 valence electrons. The Labute approximate surface area is 145 Å². The molecule has 0 aliphatic carbocycles. The van der Waals surface area contributed by atoms with Gasteiger partial charge in [-0.3, -0.25) is 9.59 Å². The van der Waals surface area contributed by atoms with Crippen molar-refractivity contribution < 1.29 is 4.79 Å². The lowest BCUT2D eigenvalue weighted by Gasteiger charge is -2.42. The van der Waals surface area contributed by atoms with E-state index in [0.29, 0.717) is 30.5 Å². The largest absolute Gasteiger partial charge is 0.378 e. The van der Waals surface area contributed by atoms with Gasteiger partial charge in [0, 0.05) is 43.0 Å². The molecule has 1 saturated heterocycles. The summed E-state index contributed by atoms with van der Waals surface area (Å²) in [5.74, 6) is 0.920. The molecule has 0 aromatic carbocycles. The monoisotopic (exact) mass is 339 g/mol. The summed E-state index contributed by atoms with van der Waals surface area (Å²) in [6.45, 7) is 8.67. The van der Waals surface area contributed by atoms with Crippen LogP contribution in [-0.4, -0.2) is 44.9 Å². The topological polar surface area (TPSA) is 91.0 Å². The molecule has 0 saturated carbocycles. The number of aromatic nitrogens is 3. The molecule has 1 aliphatic heterocycles. The number of amides is 1. The number of carbonyl (C=O) groups excluding carboxylic acids is 1. The number of rotatable bonds is 5. The van der Waals surface area contributed by atoms with E-state index in [1.807, 2.05) is 13.8 Å². The number of carbonyl (C=O) groups is 1. The van der Waals surface area contributed by atoms with Crippen LogP contribution in [0.2, 0.25) is 0 Å². The molecule has 1 atom stereocenters. The predicted molar refractivity (Wildman–Crippen MR) is 96.2 cm³/mol. The van der Waals surface area contributed by atoms with Gasteiger partial charge in [0.25, 0.3) is 5.56 Å². The molecule has 2 aromatic rings. The maximum Gasteiger partial charge on any atom is 0.271 e. The first kappa shape index (κ1) is 16.9. The van der Waals surface area contributed by atoms with Gasteiger partial charge in [0.05, 0.1) is 5.69 Å². The molecule has 1 unspecified atom stereocenters. The molecule has 2 N–H and O–H groups in total. The molecule has 2 aromatic heterocycles. The van der Waals surface area contributed by atoms with Gasteiger partial charge in [0.15, 0.2) is 0 Å². The van der Waals surface area contributed by atoms with Crippen molar-refractivity contribution in [2.45, 2.75) is 19.9 Å². The third kappa shape index (κ3) is 3.60. The molecule has 25 heavy (non-hydrogen) atoms. The van der Waals surface area contributed by atoms with Gasteiger partial charge in [-0.2, -0.15) is 0 Å². The van der Waals surface area contributed by atoms with Crippen LogP contribution in [0, 0.1) is 12.8 Å². The average molecular weight is 339 g/mol. The Morgan fingerprint density at radius 3 is 2.96 bits per heavy atom. The molecule has 7 nitrogen and oxygen atoms in total. The highest BCUT2D eigenvalue weighted by Crippen LogP contribution is 2.23. The van der Waals surface area contributed by atoms with Crippen LogP contribution in [0.25, 0.3) is 11.3 Å². The van der Waals surface area contributed by atoms with Gasteiger partial charge in [0.1, 0.15) is 11.5 Å². The van der Waals surface area contributed by atoms with Crippen LogP contribution < -0.4 is 10.9 Å². The first-order valence-corrected chi connectivity index (χ1v) is 8.18. The van der Waals surface area contributed by atoms with E-state index in [1.165, 1.54) is 6.08 Å². The number of aryl methyl sites for hydroxylation is 1. The van der Waals surface area contributed by atoms with E-state index in [1.54, 1.807) is 29.4 Å². The van der Waals surface area contributed by atoms with Crippen LogP contribution in [0.1, 0.15) is 12.7 Å². The van der Waals surface area contributed by atoms with Gasteiger partial charge in [-0.05, 0) is 32.1 Å². The minimum Gasteiger partial charge on any atom is -0.378 e. The SMILES string of the molecule is C=CC(=O)N1CC(C(C)Nc2cc(-c3ccnc(C)n3)c[nH]c2=O)C1. The fourth-order valence-corrected chi connectivity index (χ4v) is 2.86. The second-order valence-corrected chi connectivity index (χ2v) is 6.26. The first-order chi connectivity index (χ1) is 12.0. The summed E-state index contributed by atoms with van der Waals surface area (Å²) >= 11 is 0. The summed E-state index contributed by atoms with van der Waals surface area (Å²) in [6.07, 6.45) is 4.66. The Hall–Kier alpha value is -2.96. The highest BCUT2D eigenvalue weighted by molar-refractivity contribution is 5.87. The number of nitrogens with one attached hydrogen (secondary N) is 2. The third-order valence-corrected chi connectivity index (χ3v) is 4.46. The Bertz CT molecular complexity index is 855. The van der Waals surface area contributed by atoms with E-state index in [4.69, 9.17) is 0 Å². The Kier molecular flexibility index (Phi) is 4.65. The number of aromatic amines is 1. The van der Waals surface area contributed by atoms with Gasteiger partial charge in [-0.1, -0.05) is 6.58 Å². The second-order valence-electron chi connectivity index (χ2n) is 6.26. The number of H-pyrrole nitrogens is 1. The number of likely N-dealkylation sites (tertiary alicyclic amines) is 1. The van der Waals surface area contributed by atoms with E-state index < -0.39 is 0 Å². The van der Waals surface area contributed by atoms with E-state index in [2.05, 4.69) is 26.8 Å². The maximum atomic E-state index is 12.1. The van der Waals surface area contributed by atoms with Crippen molar-refractivity contribution in [3.05, 3.63) is 53.4 Å². The van der Waals surface area contributed by atoms with E-state index in [-0.39, 0.29) is 17.5 Å². The van der Waals surface area contributed by atoms with Crippen molar-refractivity contribution in [3.63, 3.8) is 0 Å². The Balaban J connectivity index is 1.72. The normalized spacial score (nSPS) is 15.4. The van der Waals surface area contributed by atoms with Gasteiger partial charge >= 0.3 is 0 Å². The summed E-state index contributed by atoms with van der Waals surface area (Å²) in [4.78, 5) is 36.6. The average Bonchev–Trinajstić information content (AvgIpc) is 2.55. The van der Waals surface area contributed by atoms with E-state index in [9.17, 15) is 9.59 Å². The zero-order valence-corrected chi connectivity index (χ0v) is 14.3. The molecule has 0 radical (unpaired) electrons. The van der Waals surface area contributed by atoms with Gasteiger partial charge in [-0.25, -0.2) is 9.97 Å². The predicted octanol–water partition coefficient (Wildman–Crippen LogP) is 1.59. The summed E-state index contributed by atoms with van der Waals surface area (Å²) in [5, 5.41) is 3.26. The van der Waals surface area contributed by atoms with Crippen LogP contribution in [0.15, 0.2) is 42.0 Å². The smallest absolute Gasteiger partial charge is 0.271 e.